The van der Waals surface area contributed by atoms with Crippen LogP contribution in [0.1, 0.15) is 52.1 Å². The van der Waals surface area contributed by atoms with Crippen LogP contribution in [0.25, 0.3) is 17.2 Å². The summed E-state index contributed by atoms with van der Waals surface area (Å²) < 4.78 is 0. The van der Waals surface area contributed by atoms with Gasteiger partial charge in [-0.1, -0.05) is 54.6 Å². The number of benzene rings is 2. The molecule has 0 aliphatic heterocycles. The highest BCUT2D eigenvalue weighted by Gasteiger charge is 2.24. The average Bonchev–Trinajstić information content (AvgIpc) is 3.38. The molecule has 26 heavy (non-hydrogen) atoms. The largest absolute Gasteiger partial charge is 0.367 e. The van der Waals surface area contributed by atoms with Gasteiger partial charge in [0.15, 0.2) is 6.29 Å². The maximum Gasteiger partial charge on any atom is 0.161 e. The fraction of sp³-hybridized carbons (Fsp3) is 0.250. The second-order valence-electron chi connectivity index (χ2n) is 7.47. The van der Waals surface area contributed by atoms with Crippen LogP contribution in [0.3, 0.4) is 0 Å². The molecule has 3 aliphatic rings. The molecular formula is C24H22O2. The van der Waals surface area contributed by atoms with Crippen LogP contribution in [-0.4, -0.2) is 16.5 Å². The highest BCUT2D eigenvalue weighted by molar-refractivity contribution is 5.91. The molecule has 0 fully saturated rings. The highest BCUT2D eigenvalue weighted by Crippen LogP contribution is 2.39. The molecule has 0 aromatic heterocycles. The summed E-state index contributed by atoms with van der Waals surface area (Å²) in [4.78, 5) is 0. The van der Waals surface area contributed by atoms with Gasteiger partial charge in [0, 0.05) is 0 Å². The van der Waals surface area contributed by atoms with E-state index in [2.05, 4.69) is 42.5 Å². The minimum absolute atomic E-state index is 0.308. The third-order valence-electron chi connectivity index (χ3n) is 5.95. The van der Waals surface area contributed by atoms with Crippen LogP contribution >= 0.6 is 0 Å². The minimum atomic E-state index is -1.34. The predicted octanol–water partition coefficient (Wildman–Crippen LogP) is 4.47. The van der Waals surface area contributed by atoms with Crippen molar-refractivity contribution in [2.24, 2.45) is 0 Å². The second kappa shape index (κ2) is 6.08. The summed E-state index contributed by atoms with van der Waals surface area (Å²) in [5, 5.41) is 19.0. The number of aryl methyl sites for hydroxylation is 1. The lowest BCUT2D eigenvalue weighted by Gasteiger charge is -2.14. The highest BCUT2D eigenvalue weighted by atomic mass is 16.5. The standard InChI is InChI=1S/C24H22O2/c25-24(26)23-12-10-19-14-17(9-11-22(19)23)16-7-8-18(13-16)21-6-2-4-15-3-1-5-20(15)21/h2,4,6,8-14,23-26H,1,3,5,7H2. The van der Waals surface area contributed by atoms with Gasteiger partial charge in [-0.2, -0.15) is 0 Å². The van der Waals surface area contributed by atoms with Crippen molar-refractivity contribution in [1.29, 1.82) is 0 Å². The van der Waals surface area contributed by atoms with Gasteiger partial charge in [0.1, 0.15) is 0 Å². The first-order chi connectivity index (χ1) is 12.7. The van der Waals surface area contributed by atoms with Gasteiger partial charge in [0.25, 0.3) is 0 Å². The van der Waals surface area contributed by atoms with Gasteiger partial charge >= 0.3 is 0 Å². The number of hydrogen-bond donors (Lipinski definition) is 2. The molecule has 130 valence electrons. The summed E-state index contributed by atoms with van der Waals surface area (Å²) in [6.07, 6.45) is 11.8. The van der Waals surface area contributed by atoms with Crippen molar-refractivity contribution >= 4 is 17.2 Å². The predicted molar refractivity (Wildman–Crippen MR) is 105 cm³/mol. The third-order valence-corrected chi connectivity index (χ3v) is 5.95. The maximum absolute atomic E-state index is 9.50. The van der Waals surface area contributed by atoms with E-state index < -0.39 is 6.29 Å². The van der Waals surface area contributed by atoms with E-state index in [1.807, 2.05) is 18.2 Å². The Morgan fingerprint density at radius 2 is 1.96 bits per heavy atom. The fourth-order valence-corrected chi connectivity index (χ4v) is 4.60. The summed E-state index contributed by atoms with van der Waals surface area (Å²) in [5.41, 5.74) is 10.4. The summed E-state index contributed by atoms with van der Waals surface area (Å²) in [6, 6.07) is 13.0. The number of fused-ring (bicyclic) bond motifs is 2. The van der Waals surface area contributed by atoms with E-state index in [0.717, 1.165) is 17.5 Å². The zero-order chi connectivity index (χ0) is 17.7. The van der Waals surface area contributed by atoms with E-state index in [0.29, 0.717) is 0 Å². The lowest BCUT2D eigenvalue weighted by molar-refractivity contribution is -0.0490. The van der Waals surface area contributed by atoms with Crippen LogP contribution in [0, 0.1) is 0 Å². The monoisotopic (exact) mass is 342 g/mol. The number of rotatable bonds is 3. The maximum atomic E-state index is 9.50. The van der Waals surface area contributed by atoms with Crippen molar-refractivity contribution in [2.45, 2.75) is 37.9 Å². The fourth-order valence-electron chi connectivity index (χ4n) is 4.60. The topological polar surface area (TPSA) is 40.5 Å². The van der Waals surface area contributed by atoms with Gasteiger partial charge < -0.3 is 10.2 Å². The molecule has 5 rings (SSSR count). The Morgan fingerprint density at radius 3 is 2.85 bits per heavy atom. The number of hydrogen-bond acceptors (Lipinski definition) is 2. The molecule has 2 heteroatoms. The lowest BCUT2D eigenvalue weighted by atomic mass is 9.95. The Labute approximate surface area is 153 Å². The zero-order valence-corrected chi connectivity index (χ0v) is 14.7. The van der Waals surface area contributed by atoms with E-state index in [1.165, 1.54) is 52.7 Å². The summed E-state index contributed by atoms with van der Waals surface area (Å²) in [7, 11) is 0. The molecule has 3 aliphatic carbocycles. The van der Waals surface area contributed by atoms with Gasteiger partial charge in [-0.25, -0.2) is 0 Å². The second-order valence-corrected chi connectivity index (χ2v) is 7.47. The Hall–Kier alpha value is -2.42. The number of aliphatic hydroxyl groups excluding tert-OH is 1. The molecular weight excluding hydrogens is 320 g/mol. The molecule has 2 nitrogen and oxygen atoms in total. The molecule has 0 heterocycles. The molecule has 0 radical (unpaired) electrons. The van der Waals surface area contributed by atoms with Gasteiger partial charge in [-0.3, -0.25) is 0 Å². The Morgan fingerprint density at radius 1 is 1.04 bits per heavy atom. The summed E-state index contributed by atoms with van der Waals surface area (Å²) >= 11 is 0. The van der Waals surface area contributed by atoms with Crippen molar-refractivity contribution < 1.29 is 10.2 Å². The third kappa shape index (κ3) is 2.49. The van der Waals surface area contributed by atoms with Crippen LogP contribution in [0.5, 0.6) is 0 Å². The van der Waals surface area contributed by atoms with E-state index >= 15 is 0 Å². The Kier molecular flexibility index (Phi) is 3.70. The van der Waals surface area contributed by atoms with E-state index in [9.17, 15) is 10.2 Å². The lowest BCUT2D eigenvalue weighted by Crippen LogP contribution is -2.14. The van der Waals surface area contributed by atoms with Gasteiger partial charge in [-0.05, 0) is 76.3 Å². The van der Waals surface area contributed by atoms with Crippen LogP contribution in [0.15, 0.2) is 54.6 Å². The first-order valence-corrected chi connectivity index (χ1v) is 9.41. The molecule has 2 N–H and O–H groups in total. The molecule has 1 atom stereocenters. The van der Waals surface area contributed by atoms with E-state index in [4.69, 9.17) is 0 Å². The normalized spacial score (nSPS) is 20.3. The van der Waals surface area contributed by atoms with Crippen LogP contribution in [0.4, 0.5) is 0 Å². The molecule has 0 bridgehead atoms. The van der Waals surface area contributed by atoms with Crippen molar-refractivity contribution in [3.8, 4) is 0 Å². The van der Waals surface area contributed by atoms with Gasteiger partial charge in [0.05, 0.1) is 5.92 Å². The first kappa shape index (κ1) is 15.8. The van der Waals surface area contributed by atoms with Gasteiger partial charge in [0.2, 0.25) is 0 Å². The average molecular weight is 342 g/mol. The van der Waals surface area contributed by atoms with Crippen molar-refractivity contribution in [1.82, 2.24) is 0 Å². The molecule has 2 aromatic rings. The SMILES string of the molecule is OC(O)C1C=Cc2cc(C3=CC(c4cccc5c4CCC5)=CC3)ccc21. The quantitative estimate of drug-likeness (QED) is 0.808. The van der Waals surface area contributed by atoms with E-state index in [-0.39, 0.29) is 5.92 Å². The number of aliphatic hydroxyl groups is 2. The van der Waals surface area contributed by atoms with Crippen LogP contribution < -0.4 is 0 Å². The number of allylic oxidation sites excluding steroid dienone is 4. The van der Waals surface area contributed by atoms with E-state index in [1.54, 1.807) is 0 Å². The first-order valence-electron chi connectivity index (χ1n) is 9.41. The van der Waals surface area contributed by atoms with Gasteiger partial charge in [-0.15, -0.1) is 0 Å². The molecule has 0 spiro atoms. The molecule has 0 saturated carbocycles. The van der Waals surface area contributed by atoms with Crippen LogP contribution in [0.2, 0.25) is 0 Å². The summed E-state index contributed by atoms with van der Waals surface area (Å²) in [5.74, 6) is -0.308. The Balaban J connectivity index is 1.46. The molecule has 1 unspecified atom stereocenters. The molecule has 2 aromatic carbocycles. The molecule has 0 saturated heterocycles. The van der Waals surface area contributed by atoms with Crippen molar-refractivity contribution in [2.75, 3.05) is 0 Å². The minimum Gasteiger partial charge on any atom is -0.367 e. The van der Waals surface area contributed by atoms with Crippen molar-refractivity contribution in [3.63, 3.8) is 0 Å². The Bertz CT molecular complexity index is 976. The smallest absolute Gasteiger partial charge is 0.161 e. The van der Waals surface area contributed by atoms with Crippen LogP contribution in [-0.2, 0) is 12.8 Å². The van der Waals surface area contributed by atoms with Crippen molar-refractivity contribution in [3.05, 3.63) is 88.0 Å². The molecule has 0 amide bonds. The zero-order valence-electron chi connectivity index (χ0n) is 14.7. The summed E-state index contributed by atoms with van der Waals surface area (Å²) in [6.45, 7) is 0.